The number of hydrogen-bond acceptors (Lipinski definition) is 4. The molecule has 20 heavy (non-hydrogen) atoms. The summed E-state index contributed by atoms with van der Waals surface area (Å²) in [7, 11) is -2.78. The van der Waals surface area contributed by atoms with Gasteiger partial charge in [0.2, 0.25) is 0 Å². The average Bonchev–Trinajstić information content (AvgIpc) is 2.98. The van der Waals surface area contributed by atoms with Crippen LogP contribution in [0.5, 0.6) is 0 Å². The minimum absolute atomic E-state index is 0.338. The van der Waals surface area contributed by atoms with Crippen molar-refractivity contribution in [2.45, 2.75) is 39.2 Å². The summed E-state index contributed by atoms with van der Waals surface area (Å²) in [5.74, 6) is 1.58. The van der Waals surface area contributed by atoms with Crippen molar-refractivity contribution in [3.05, 3.63) is 22.4 Å². The third kappa shape index (κ3) is 4.86. The molecule has 1 aromatic rings. The number of aryl methyl sites for hydroxylation is 1. The Hall–Kier alpha value is -0.390. The van der Waals surface area contributed by atoms with Crippen LogP contribution < -0.4 is 5.32 Å². The Morgan fingerprint density at radius 2 is 2.25 bits per heavy atom. The van der Waals surface area contributed by atoms with Gasteiger partial charge in [0, 0.05) is 6.04 Å². The maximum atomic E-state index is 11.7. The van der Waals surface area contributed by atoms with E-state index in [1.165, 1.54) is 5.56 Å². The maximum absolute atomic E-state index is 11.7. The molecule has 5 heteroatoms. The Labute approximate surface area is 126 Å². The summed E-state index contributed by atoms with van der Waals surface area (Å²) in [5, 5.41) is 7.79. The van der Waals surface area contributed by atoms with Gasteiger partial charge in [-0.15, -0.1) is 0 Å². The SMILES string of the molecule is CC(C)NCC(CCc1ccsc1)C1CCS(=O)(=O)C1. The molecule has 2 rings (SSSR count). The Morgan fingerprint density at radius 3 is 2.80 bits per heavy atom. The minimum atomic E-state index is -2.78. The fraction of sp³-hybridized carbons (Fsp3) is 0.733. The molecule has 1 N–H and O–H groups in total. The van der Waals surface area contributed by atoms with Gasteiger partial charge in [0.15, 0.2) is 9.84 Å². The van der Waals surface area contributed by atoms with Gasteiger partial charge in [0.05, 0.1) is 11.5 Å². The molecule has 114 valence electrons. The molecule has 2 heterocycles. The van der Waals surface area contributed by atoms with Gasteiger partial charge in [-0.25, -0.2) is 8.42 Å². The number of hydrogen-bond donors (Lipinski definition) is 1. The van der Waals surface area contributed by atoms with E-state index in [4.69, 9.17) is 0 Å². The summed E-state index contributed by atoms with van der Waals surface area (Å²) in [6.07, 6.45) is 2.98. The van der Waals surface area contributed by atoms with Crippen molar-refractivity contribution in [2.75, 3.05) is 18.1 Å². The second-order valence-electron chi connectivity index (χ2n) is 6.16. The summed E-state index contributed by atoms with van der Waals surface area (Å²) in [4.78, 5) is 0. The van der Waals surface area contributed by atoms with Crippen molar-refractivity contribution in [2.24, 2.45) is 11.8 Å². The summed E-state index contributed by atoms with van der Waals surface area (Å²) in [5.41, 5.74) is 1.38. The summed E-state index contributed by atoms with van der Waals surface area (Å²) >= 11 is 1.73. The third-order valence-corrected chi connectivity index (χ3v) is 6.63. The van der Waals surface area contributed by atoms with E-state index in [2.05, 4.69) is 36.0 Å². The van der Waals surface area contributed by atoms with Crippen LogP contribution in [0.2, 0.25) is 0 Å². The van der Waals surface area contributed by atoms with Crippen molar-refractivity contribution in [1.29, 1.82) is 0 Å². The van der Waals surface area contributed by atoms with Gasteiger partial charge in [-0.05, 0) is 60.0 Å². The first-order valence-corrected chi connectivity index (χ1v) is 10.2. The van der Waals surface area contributed by atoms with Crippen LogP contribution in [0, 0.1) is 11.8 Å². The number of nitrogens with one attached hydrogen (secondary N) is 1. The Bertz CT molecular complexity index is 494. The lowest BCUT2D eigenvalue weighted by atomic mass is 9.87. The second kappa shape index (κ2) is 7.05. The van der Waals surface area contributed by atoms with Gasteiger partial charge in [-0.2, -0.15) is 11.3 Å². The fourth-order valence-electron chi connectivity index (χ4n) is 2.87. The fourth-order valence-corrected chi connectivity index (χ4v) is 5.50. The van der Waals surface area contributed by atoms with E-state index < -0.39 is 9.84 Å². The van der Waals surface area contributed by atoms with Crippen LogP contribution in [0.25, 0.3) is 0 Å². The van der Waals surface area contributed by atoms with E-state index >= 15 is 0 Å². The summed E-state index contributed by atoms with van der Waals surface area (Å²) < 4.78 is 23.4. The molecule has 0 spiro atoms. The molecular formula is C15H25NO2S2. The highest BCUT2D eigenvalue weighted by Crippen LogP contribution is 2.29. The van der Waals surface area contributed by atoms with Gasteiger partial charge in [0.1, 0.15) is 0 Å². The van der Waals surface area contributed by atoms with Gasteiger partial charge in [-0.1, -0.05) is 13.8 Å². The van der Waals surface area contributed by atoms with Crippen LogP contribution in [-0.2, 0) is 16.3 Å². The highest BCUT2D eigenvalue weighted by molar-refractivity contribution is 7.91. The smallest absolute Gasteiger partial charge is 0.150 e. The molecule has 3 nitrogen and oxygen atoms in total. The third-order valence-electron chi connectivity index (χ3n) is 4.11. The van der Waals surface area contributed by atoms with Gasteiger partial charge in [-0.3, -0.25) is 0 Å². The molecule has 1 saturated heterocycles. The zero-order valence-electron chi connectivity index (χ0n) is 12.3. The molecule has 1 fully saturated rings. The van der Waals surface area contributed by atoms with Crippen molar-refractivity contribution in [1.82, 2.24) is 5.32 Å². The molecule has 0 bridgehead atoms. The second-order valence-corrected chi connectivity index (χ2v) is 9.17. The van der Waals surface area contributed by atoms with Crippen molar-refractivity contribution in [3.63, 3.8) is 0 Å². The van der Waals surface area contributed by atoms with Gasteiger partial charge >= 0.3 is 0 Å². The predicted octanol–water partition coefficient (Wildman–Crippen LogP) is 2.73. The van der Waals surface area contributed by atoms with Gasteiger partial charge in [0.25, 0.3) is 0 Å². The molecule has 0 aliphatic carbocycles. The lowest BCUT2D eigenvalue weighted by Crippen LogP contribution is -2.33. The lowest BCUT2D eigenvalue weighted by Gasteiger charge is -2.24. The van der Waals surface area contributed by atoms with Crippen molar-refractivity contribution < 1.29 is 8.42 Å². The van der Waals surface area contributed by atoms with Crippen molar-refractivity contribution >= 4 is 21.2 Å². The largest absolute Gasteiger partial charge is 0.314 e. The first-order chi connectivity index (χ1) is 9.46. The first-order valence-electron chi connectivity index (χ1n) is 7.41. The predicted molar refractivity (Wildman–Crippen MR) is 86.0 cm³/mol. The van der Waals surface area contributed by atoms with Crippen LogP contribution in [0.3, 0.4) is 0 Å². The van der Waals surface area contributed by atoms with Crippen LogP contribution in [0.1, 0.15) is 32.3 Å². The molecule has 1 aromatic heterocycles. The molecule has 2 atom stereocenters. The first kappa shape index (κ1) is 16.0. The normalized spacial score (nSPS) is 23.2. The summed E-state index contributed by atoms with van der Waals surface area (Å²) in [6, 6.07) is 2.62. The Morgan fingerprint density at radius 1 is 1.45 bits per heavy atom. The molecular weight excluding hydrogens is 290 g/mol. The maximum Gasteiger partial charge on any atom is 0.150 e. The molecule has 2 unspecified atom stereocenters. The molecule has 1 aliphatic heterocycles. The zero-order valence-corrected chi connectivity index (χ0v) is 14.0. The zero-order chi connectivity index (χ0) is 14.6. The molecule has 0 amide bonds. The van der Waals surface area contributed by atoms with Gasteiger partial charge < -0.3 is 5.32 Å². The Balaban J connectivity index is 1.93. The summed E-state index contributed by atoms with van der Waals surface area (Å²) in [6.45, 7) is 5.21. The van der Waals surface area contributed by atoms with Crippen LogP contribution >= 0.6 is 11.3 Å². The monoisotopic (exact) mass is 315 g/mol. The van der Waals surface area contributed by atoms with Crippen molar-refractivity contribution in [3.8, 4) is 0 Å². The van der Waals surface area contributed by atoms with Crippen LogP contribution in [0.15, 0.2) is 16.8 Å². The Kier molecular flexibility index (Phi) is 5.64. The standard InChI is InChI=1S/C15H25NO2S2/c1-12(2)16-9-14(4-3-13-5-7-19-10-13)15-6-8-20(17,18)11-15/h5,7,10,12,14-16H,3-4,6,8-9,11H2,1-2H3. The van der Waals surface area contributed by atoms with E-state index in [1.807, 2.05) is 0 Å². The quantitative estimate of drug-likeness (QED) is 0.841. The highest BCUT2D eigenvalue weighted by Gasteiger charge is 2.33. The highest BCUT2D eigenvalue weighted by atomic mass is 32.2. The van der Waals surface area contributed by atoms with E-state index in [0.717, 1.165) is 25.8 Å². The molecule has 1 aliphatic rings. The number of sulfone groups is 1. The molecule has 0 saturated carbocycles. The number of thiophene rings is 1. The van der Waals surface area contributed by atoms with E-state index in [0.29, 0.717) is 29.4 Å². The topological polar surface area (TPSA) is 46.2 Å². The van der Waals surface area contributed by atoms with Crippen LogP contribution in [-0.4, -0.2) is 32.5 Å². The number of rotatable bonds is 7. The molecule has 0 aromatic carbocycles. The van der Waals surface area contributed by atoms with Crippen LogP contribution in [0.4, 0.5) is 0 Å². The molecule has 0 radical (unpaired) electrons. The minimum Gasteiger partial charge on any atom is -0.314 e. The lowest BCUT2D eigenvalue weighted by molar-refractivity contribution is 0.317. The van der Waals surface area contributed by atoms with E-state index in [-0.39, 0.29) is 0 Å². The van der Waals surface area contributed by atoms with E-state index in [9.17, 15) is 8.42 Å². The average molecular weight is 316 g/mol. The van der Waals surface area contributed by atoms with E-state index in [1.54, 1.807) is 11.3 Å².